The van der Waals surface area contributed by atoms with Crippen LogP contribution in [0.2, 0.25) is 0 Å². The molecule has 3 N–H and O–H groups in total. The average molecular weight is 229 g/mol. The Morgan fingerprint density at radius 1 is 1.56 bits per heavy atom. The number of aromatic nitrogens is 4. The van der Waals surface area contributed by atoms with Crippen molar-refractivity contribution in [2.45, 2.75) is 13.2 Å². The van der Waals surface area contributed by atoms with Crippen molar-refractivity contribution < 1.29 is 13.5 Å². The predicted molar refractivity (Wildman–Crippen MR) is 50.9 cm³/mol. The number of nitrogen functional groups attached to an aromatic ring is 1. The van der Waals surface area contributed by atoms with E-state index in [9.17, 15) is 8.78 Å². The Labute approximate surface area is 89.0 Å². The van der Waals surface area contributed by atoms with E-state index < -0.39 is 6.61 Å². The van der Waals surface area contributed by atoms with E-state index in [0.29, 0.717) is 17.3 Å². The second-order valence-electron chi connectivity index (χ2n) is 2.99. The molecule has 0 amide bonds. The Balaban J connectivity index is 2.11. The zero-order valence-electron chi connectivity index (χ0n) is 8.10. The van der Waals surface area contributed by atoms with Gasteiger partial charge in [0, 0.05) is 12.1 Å². The van der Waals surface area contributed by atoms with Crippen LogP contribution in [0.1, 0.15) is 5.69 Å². The van der Waals surface area contributed by atoms with E-state index in [1.54, 1.807) is 6.07 Å². The number of halogens is 2. The second kappa shape index (κ2) is 4.27. The van der Waals surface area contributed by atoms with Gasteiger partial charge in [0.1, 0.15) is 5.82 Å². The highest BCUT2D eigenvalue weighted by molar-refractivity contribution is 5.36. The van der Waals surface area contributed by atoms with Gasteiger partial charge >= 0.3 is 6.61 Å². The zero-order chi connectivity index (χ0) is 11.5. The lowest BCUT2D eigenvalue weighted by Crippen LogP contribution is -2.01. The Morgan fingerprint density at radius 2 is 2.38 bits per heavy atom. The zero-order valence-corrected chi connectivity index (χ0v) is 8.10. The highest BCUT2D eigenvalue weighted by Gasteiger charge is 2.08. The summed E-state index contributed by atoms with van der Waals surface area (Å²) in [7, 11) is 0. The lowest BCUT2D eigenvalue weighted by atomic mass is 10.4. The SMILES string of the molecule is Nc1ccnn1-c1cc(COC(F)F)[nH]n1. The van der Waals surface area contributed by atoms with Crippen LogP contribution < -0.4 is 5.73 Å². The van der Waals surface area contributed by atoms with Crippen LogP contribution in [-0.4, -0.2) is 26.6 Å². The maximum atomic E-state index is 11.8. The minimum atomic E-state index is -2.80. The first kappa shape index (κ1) is 10.6. The number of hydrogen-bond acceptors (Lipinski definition) is 4. The van der Waals surface area contributed by atoms with E-state index in [0.717, 1.165) is 0 Å². The number of ether oxygens (including phenoxy) is 1. The molecule has 0 aliphatic carbocycles. The summed E-state index contributed by atoms with van der Waals surface area (Å²) in [6.45, 7) is -3.05. The topological polar surface area (TPSA) is 81.7 Å². The summed E-state index contributed by atoms with van der Waals surface area (Å²) in [6, 6.07) is 3.13. The molecule has 0 saturated carbocycles. The van der Waals surface area contributed by atoms with Gasteiger partial charge in [0.15, 0.2) is 5.82 Å². The van der Waals surface area contributed by atoms with Crippen molar-refractivity contribution in [3.63, 3.8) is 0 Å². The first-order valence-electron chi connectivity index (χ1n) is 4.41. The van der Waals surface area contributed by atoms with E-state index in [1.165, 1.54) is 16.9 Å². The van der Waals surface area contributed by atoms with Gasteiger partial charge in [-0.05, 0) is 0 Å². The van der Waals surface area contributed by atoms with Crippen LogP contribution >= 0.6 is 0 Å². The summed E-state index contributed by atoms with van der Waals surface area (Å²) in [5.74, 6) is 0.836. The molecule has 0 radical (unpaired) electrons. The highest BCUT2D eigenvalue weighted by Crippen LogP contribution is 2.11. The molecule has 2 aromatic heterocycles. The summed E-state index contributed by atoms with van der Waals surface area (Å²) in [6.07, 6.45) is 1.51. The maximum Gasteiger partial charge on any atom is 0.345 e. The molecule has 2 aromatic rings. The molecular formula is C8H9F2N5O. The number of alkyl halides is 2. The number of nitrogens with two attached hydrogens (primary N) is 1. The summed E-state index contributed by atoms with van der Waals surface area (Å²) < 4.78 is 29.0. The predicted octanol–water partition coefficient (Wildman–Crippen LogP) is 0.917. The number of nitrogens with zero attached hydrogens (tertiary/aromatic N) is 3. The number of rotatable bonds is 4. The third-order valence-corrected chi connectivity index (χ3v) is 1.87. The Kier molecular flexibility index (Phi) is 2.82. The van der Waals surface area contributed by atoms with Crippen LogP contribution in [0, 0.1) is 0 Å². The maximum absolute atomic E-state index is 11.8. The van der Waals surface area contributed by atoms with Gasteiger partial charge < -0.3 is 10.5 Å². The van der Waals surface area contributed by atoms with Crippen LogP contribution in [0.15, 0.2) is 18.3 Å². The molecule has 0 saturated heterocycles. The molecule has 8 heteroatoms. The molecule has 0 spiro atoms. The minimum absolute atomic E-state index is 0.244. The molecule has 0 aliphatic rings. The third-order valence-electron chi connectivity index (χ3n) is 1.87. The number of H-pyrrole nitrogens is 1. The minimum Gasteiger partial charge on any atom is -0.384 e. The summed E-state index contributed by atoms with van der Waals surface area (Å²) in [4.78, 5) is 0. The second-order valence-corrected chi connectivity index (χ2v) is 2.99. The van der Waals surface area contributed by atoms with Crippen LogP contribution in [0.25, 0.3) is 5.82 Å². The Morgan fingerprint density at radius 3 is 3.00 bits per heavy atom. The van der Waals surface area contributed by atoms with Gasteiger partial charge in [-0.1, -0.05) is 0 Å². The van der Waals surface area contributed by atoms with Crippen LogP contribution in [0.3, 0.4) is 0 Å². The first-order chi connectivity index (χ1) is 7.66. The van der Waals surface area contributed by atoms with E-state index >= 15 is 0 Å². The van der Waals surface area contributed by atoms with E-state index in [4.69, 9.17) is 5.73 Å². The molecule has 0 aromatic carbocycles. The molecule has 0 atom stereocenters. The van der Waals surface area contributed by atoms with Crippen molar-refractivity contribution in [2.24, 2.45) is 0 Å². The van der Waals surface area contributed by atoms with Gasteiger partial charge in [0.25, 0.3) is 0 Å². The monoisotopic (exact) mass is 229 g/mol. The van der Waals surface area contributed by atoms with Crippen molar-refractivity contribution in [3.8, 4) is 5.82 Å². The van der Waals surface area contributed by atoms with E-state index in [1.807, 2.05) is 0 Å². The normalized spacial score (nSPS) is 11.2. The number of anilines is 1. The Bertz CT molecular complexity index is 466. The smallest absolute Gasteiger partial charge is 0.345 e. The van der Waals surface area contributed by atoms with Gasteiger partial charge in [0.2, 0.25) is 0 Å². The lowest BCUT2D eigenvalue weighted by molar-refractivity contribution is -0.137. The van der Waals surface area contributed by atoms with Gasteiger partial charge in [-0.25, -0.2) is 0 Å². The molecule has 2 rings (SSSR count). The summed E-state index contributed by atoms with van der Waals surface area (Å²) in [5.41, 5.74) is 6.02. The molecule has 0 bridgehead atoms. The van der Waals surface area contributed by atoms with Crippen molar-refractivity contribution in [3.05, 3.63) is 24.0 Å². The van der Waals surface area contributed by atoms with Gasteiger partial charge in [-0.2, -0.15) is 23.7 Å². The molecule has 86 valence electrons. The number of nitrogens with one attached hydrogen (secondary N) is 1. The van der Waals surface area contributed by atoms with Crippen molar-refractivity contribution in [1.29, 1.82) is 0 Å². The summed E-state index contributed by atoms with van der Waals surface area (Å²) >= 11 is 0. The largest absolute Gasteiger partial charge is 0.384 e. The van der Waals surface area contributed by atoms with E-state index in [2.05, 4.69) is 20.0 Å². The molecule has 0 aliphatic heterocycles. The fourth-order valence-electron chi connectivity index (χ4n) is 1.19. The fourth-order valence-corrected chi connectivity index (χ4v) is 1.19. The quantitative estimate of drug-likeness (QED) is 0.816. The van der Waals surface area contributed by atoms with Crippen molar-refractivity contribution in [2.75, 3.05) is 5.73 Å². The summed E-state index contributed by atoms with van der Waals surface area (Å²) in [5, 5.41) is 10.3. The van der Waals surface area contributed by atoms with E-state index in [-0.39, 0.29) is 6.61 Å². The molecule has 6 nitrogen and oxygen atoms in total. The number of aromatic amines is 1. The van der Waals surface area contributed by atoms with Crippen LogP contribution in [-0.2, 0) is 11.3 Å². The van der Waals surface area contributed by atoms with Crippen molar-refractivity contribution >= 4 is 5.82 Å². The van der Waals surface area contributed by atoms with Gasteiger partial charge in [-0.15, -0.1) is 0 Å². The molecule has 2 heterocycles. The molecule has 0 fully saturated rings. The van der Waals surface area contributed by atoms with Gasteiger partial charge in [0.05, 0.1) is 18.5 Å². The van der Waals surface area contributed by atoms with Gasteiger partial charge in [-0.3, -0.25) is 5.10 Å². The lowest BCUT2D eigenvalue weighted by Gasteiger charge is -1.98. The van der Waals surface area contributed by atoms with Crippen molar-refractivity contribution in [1.82, 2.24) is 20.0 Å². The highest BCUT2D eigenvalue weighted by atomic mass is 19.3. The number of hydrogen-bond donors (Lipinski definition) is 2. The van der Waals surface area contributed by atoms with Crippen LogP contribution in [0.5, 0.6) is 0 Å². The first-order valence-corrected chi connectivity index (χ1v) is 4.41. The third kappa shape index (κ3) is 2.16. The molecule has 0 unspecified atom stereocenters. The molecule has 16 heavy (non-hydrogen) atoms. The standard InChI is InChI=1S/C8H9F2N5O/c9-8(10)16-4-5-3-7(14-13-5)15-6(11)1-2-12-15/h1-3,8H,4,11H2,(H,13,14). The fraction of sp³-hybridized carbons (Fsp3) is 0.250. The average Bonchev–Trinajstić information content (AvgIpc) is 2.83. The van der Waals surface area contributed by atoms with Crippen LogP contribution in [0.4, 0.5) is 14.6 Å². The molecular weight excluding hydrogens is 220 g/mol. The Hall–Kier alpha value is -1.96.